The molecule has 0 radical (unpaired) electrons. The Bertz CT molecular complexity index is 478. The van der Waals surface area contributed by atoms with E-state index in [0.717, 1.165) is 31.9 Å². The van der Waals surface area contributed by atoms with E-state index in [1.54, 1.807) is 0 Å². The van der Waals surface area contributed by atoms with Crippen LogP contribution in [0, 0.1) is 0 Å². The molecule has 2 aliphatic rings. The Morgan fingerprint density at radius 2 is 1.62 bits per heavy atom. The van der Waals surface area contributed by atoms with E-state index < -0.39 is 0 Å². The Morgan fingerprint density at radius 3 is 2.29 bits per heavy atom. The van der Waals surface area contributed by atoms with Crippen LogP contribution in [0.4, 0.5) is 17.8 Å². The lowest BCUT2D eigenvalue weighted by Crippen LogP contribution is -2.34. The van der Waals surface area contributed by atoms with E-state index in [2.05, 4.69) is 37.5 Å². The van der Waals surface area contributed by atoms with E-state index in [-0.39, 0.29) is 5.54 Å². The fraction of sp³-hybridized carbons (Fsp3) is 0.786. The molecule has 1 aliphatic carbocycles. The summed E-state index contributed by atoms with van der Waals surface area (Å²) < 4.78 is 0. The number of nitrogens with two attached hydrogens (primary N) is 1. The van der Waals surface area contributed by atoms with Crippen molar-refractivity contribution in [3.63, 3.8) is 0 Å². The van der Waals surface area contributed by atoms with Crippen molar-refractivity contribution in [1.82, 2.24) is 15.0 Å². The fourth-order valence-electron chi connectivity index (χ4n) is 3.27. The predicted molar refractivity (Wildman–Crippen MR) is 84.2 cm³/mol. The van der Waals surface area contributed by atoms with Crippen LogP contribution in [0.15, 0.2) is 0 Å². The standard InChI is InChI=1S/C14H25N7/c1-14(7-3-4-8-14)19-11-16-12(20-15)18-13(17-11)21-9-5-2-6-10-21/h2-10,15H2,1H3,(H2,16,17,18,19,20). The van der Waals surface area contributed by atoms with Crippen molar-refractivity contribution in [1.29, 1.82) is 0 Å². The smallest absolute Gasteiger partial charge is 0.243 e. The van der Waals surface area contributed by atoms with Crippen molar-refractivity contribution >= 4 is 17.8 Å². The van der Waals surface area contributed by atoms with Crippen LogP contribution < -0.4 is 21.5 Å². The molecule has 0 spiro atoms. The molecule has 1 saturated heterocycles. The second kappa shape index (κ2) is 6.01. The lowest BCUT2D eigenvalue weighted by atomic mass is 10.0. The van der Waals surface area contributed by atoms with Gasteiger partial charge in [-0.15, -0.1) is 0 Å². The molecule has 0 aromatic carbocycles. The molecule has 0 bridgehead atoms. The number of nitrogens with zero attached hydrogens (tertiary/aromatic N) is 4. The number of hydrogen-bond donors (Lipinski definition) is 3. The SMILES string of the molecule is CC1(Nc2nc(NN)nc(N3CCCCC3)n2)CCCC1. The van der Waals surface area contributed by atoms with Crippen molar-refractivity contribution in [3.05, 3.63) is 0 Å². The number of nitrogens with one attached hydrogen (secondary N) is 2. The van der Waals surface area contributed by atoms with Gasteiger partial charge in [0.05, 0.1) is 0 Å². The van der Waals surface area contributed by atoms with E-state index in [1.165, 1.54) is 32.1 Å². The van der Waals surface area contributed by atoms with E-state index in [0.29, 0.717) is 11.9 Å². The summed E-state index contributed by atoms with van der Waals surface area (Å²) in [6.07, 6.45) is 8.50. The third kappa shape index (κ3) is 3.34. The number of hydrazine groups is 1. The molecule has 3 rings (SSSR count). The van der Waals surface area contributed by atoms with Gasteiger partial charge in [0.1, 0.15) is 0 Å². The molecule has 4 N–H and O–H groups in total. The van der Waals surface area contributed by atoms with Crippen molar-refractivity contribution in [3.8, 4) is 0 Å². The number of rotatable bonds is 4. The van der Waals surface area contributed by atoms with Crippen LogP contribution in [0.1, 0.15) is 51.9 Å². The first kappa shape index (κ1) is 14.3. The lowest BCUT2D eigenvalue weighted by Gasteiger charge is -2.29. The van der Waals surface area contributed by atoms with Gasteiger partial charge in [-0.05, 0) is 39.0 Å². The van der Waals surface area contributed by atoms with E-state index >= 15 is 0 Å². The van der Waals surface area contributed by atoms with Crippen molar-refractivity contribution < 1.29 is 0 Å². The molecular weight excluding hydrogens is 266 g/mol. The van der Waals surface area contributed by atoms with Crippen LogP contribution in [0.5, 0.6) is 0 Å². The summed E-state index contributed by atoms with van der Waals surface area (Å²) in [7, 11) is 0. The van der Waals surface area contributed by atoms with Crippen LogP contribution in [0.3, 0.4) is 0 Å². The van der Waals surface area contributed by atoms with Crippen molar-refractivity contribution in [2.75, 3.05) is 28.7 Å². The molecule has 0 amide bonds. The van der Waals surface area contributed by atoms with Gasteiger partial charge in [-0.3, -0.25) is 5.43 Å². The molecule has 1 aromatic rings. The highest BCUT2D eigenvalue weighted by Gasteiger charge is 2.29. The summed E-state index contributed by atoms with van der Waals surface area (Å²) in [5, 5.41) is 3.49. The number of aromatic nitrogens is 3. The molecule has 2 fully saturated rings. The maximum absolute atomic E-state index is 5.51. The monoisotopic (exact) mass is 291 g/mol. The first-order valence-electron chi connectivity index (χ1n) is 7.94. The minimum atomic E-state index is 0.0897. The molecule has 21 heavy (non-hydrogen) atoms. The average Bonchev–Trinajstić information content (AvgIpc) is 2.94. The van der Waals surface area contributed by atoms with Crippen LogP contribution in [-0.2, 0) is 0 Å². The third-order valence-electron chi connectivity index (χ3n) is 4.51. The zero-order valence-corrected chi connectivity index (χ0v) is 12.7. The lowest BCUT2D eigenvalue weighted by molar-refractivity contribution is 0.526. The number of piperidine rings is 1. The topological polar surface area (TPSA) is 92.0 Å². The molecule has 1 saturated carbocycles. The maximum atomic E-state index is 5.51. The highest BCUT2D eigenvalue weighted by atomic mass is 15.4. The summed E-state index contributed by atoms with van der Waals surface area (Å²) in [6.45, 7) is 4.25. The number of nitrogen functional groups attached to an aromatic ring is 1. The summed E-state index contributed by atoms with van der Waals surface area (Å²) >= 11 is 0. The normalized spacial score (nSPS) is 21.3. The number of hydrogen-bond acceptors (Lipinski definition) is 7. The van der Waals surface area contributed by atoms with Crippen LogP contribution in [-0.4, -0.2) is 33.6 Å². The van der Waals surface area contributed by atoms with Gasteiger partial charge in [-0.25, -0.2) is 5.84 Å². The highest BCUT2D eigenvalue weighted by Crippen LogP contribution is 2.32. The molecule has 0 atom stereocenters. The average molecular weight is 291 g/mol. The Morgan fingerprint density at radius 1 is 0.952 bits per heavy atom. The zero-order chi connectivity index (χ0) is 14.7. The molecule has 116 valence electrons. The van der Waals surface area contributed by atoms with Crippen LogP contribution in [0.2, 0.25) is 0 Å². The van der Waals surface area contributed by atoms with Gasteiger partial charge in [0.25, 0.3) is 0 Å². The van der Waals surface area contributed by atoms with Crippen LogP contribution >= 0.6 is 0 Å². The van der Waals surface area contributed by atoms with Crippen molar-refractivity contribution in [2.24, 2.45) is 5.84 Å². The summed E-state index contributed by atoms with van der Waals surface area (Å²) in [6, 6.07) is 0. The fourth-order valence-corrected chi connectivity index (χ4v) is 3.27. The Balaban J connectivity index is 1.82. The van der Waals surface area contributed by atoms with Gasteiger partial charge >= 0.3 is 0 Å². The van der Waals surface area contributed by atoms with Gasteiger partial charge < -0.3 is 10.2 Å². The minimum Gasteiger partial charge on any atom is -0.349 e. The minimum absolute atomic E-state index is 0.0897. The summed E-state index contributed by atoms with van der Waals surface area (Å²) in [4.78, 5) is 15.6. The molecule has 7 nitrogen and oxygen atoms in total. The molecule has 0 unspecified atom stereocenters. The maximum Gasteiger partial charge on any atom is 0.243 e. The number of anilines is 3. The van der Waals surface area contributed by atoms with Gasteiger partial charge in [-0.1, -0.05) is 12.8 Å². The molecular formula is C14H25N7. The Labute approximate surface area is 125 Å². The molecule has 7 heteroatoms. The molecule has 1 aliphatic heterocycles. The highest BCUT2D eigenvalue weighted by molar-refractivity contribution is 5.44. The van der Waals surface area contributed by atoms with E-state index in [4.69, 9.17) is 5.84 Å². The molecule has 2 heterocycles. The van der Waals surface area contributed by atoms with Gasteiger partial charge in [0, 0.05) is 18.6 Å². The Hall–Kier alpha value is -1.63. The summed E-state index contributed by atoms with van der Waals surface area (Å²) in [5.74, 6) is 7.29. The first-order chi connectivity index (χ1) is 10.2. The van der Waals surface area contributed by atoms with E-state index in [1.807, 2.05) is 0 Å². The van der Waals surface area contributed by atoms with Crippen molar-refractivity contribution in [2.45, 2.75) is 57.4 Å². The van der Waals surface area contributed by atoms with Crippen LogP contribution in [0.25, 0.3) is 0 Å². The largest absolute Gasteiger partial charge is 0.349 e. The van der Waals surface area contributed by atoms with E-state index in [9.17, 15) is 0 Å². The van der Waals surface area contributed by atoms with Gasteiger partial charge in [0.2, 0.25) is 17.8 Å². The summed E-state index contributed by atoms with van der Waals surface area (Å²) in [5.41, 5.74) is 2.65. The predicted octanol–water partition coefficient (Wildman–Crippen LogP) is 1.89. The second-order valence-electron chi connectivity index (χ2n) is 6.37. The first-order valence-corrected chi connectivity index (χ1v) is 7.94. The van der Waals surface area contributed by atoms with Gasteiger partial charge in [-0.2, -0.15) is 15.0 Å². The quantitative estimate of drug-likeness (QED) is 0.576. The molecule has 1 aromatic heterocycles. The Kier molecular flexibility index (Phi) is 4.10. The third-order valence-corrected chi connectivity index (χ3v) is 4.51. The zero-order valence-electron chi connectivity index (χ0n) is 12.7. The van der Waals surface area contributed by atoms with Gasteiger partial charge in [0.15, 0.2) is 0 Å². The second-order valence-corrected chi connectivity index (χ2v) is 6.37.